The number of carbonyl (C=O) groups is 2. The first-order chi connectivity index (χ1) is 15.1. The molecule has 1 atom stereocenters. The second kappa shape index (κ2) is 9.26. The van der Waals surface area contributed by atoms with Crippen LogP contribution in [0.1, 0.15) is 28.8 Å². The van der Waals surface area contributed by atoms with E-state index in [1.54, 1.807) is 30.5 Å². The summed E-state index contributed by atoms with van der Waals surface area (Å²) in [5, 5.41) is 3.47. The van der Waals surface area contributed by atoms with Crippen molar-refractivity contribution in [3.05, 3.63) is 90.2 Å². The van der Waals surface area contributed by atoms with Crippen LogP contribution in [0, 0.1) is 0 Å². The second-order valence-corrected chi connectivity index (χ2v) is 7.24. The lowest BCUT2D eigenvalue weighted by atomic mass is 10.0. The molecule has 0 fully saturated rings. The number of pyridine rings is 1. The van der Waals surface area contributed by atoms with Gasteiger partial charge in [0.2, 0.25) is 0 Å². The monoisotopic (exact) mass is 414 g/mol. The van der Waals surface area contributed by atoms with Gasteiger partial charge < -0.3 is 14.5 Å². The van der Waals surface area contributed by atoms with Crippen molar-refractivity contribution in [2.24, 2.45) is 0 Å². The van der Waals surface area contributed by atoms with E-state index in [1.807, 2.05) is 55.5 Å². The first-order valence-electron chi connectivity index (χ1n) is 10.0. The van der Waals surface area contributed by atoms with E-state index in [9.17, 15) is 9.59 Å². The number of aromatic nitrogens is 1. The molecule has 4 aromatic rings. The van der Waals surface area contributed by atoms with E-state index < -0.39 is 5.97 Å². The van der Waals surface area contributed by atoms with Gasteiger partial charge >= 0.3 is 5.97 Å². The van der Waals surface area contributed by atoms with E-state index in [0.29, 0.717) is 34.5 Å². The molecule has 0 bridgehead atoms. The van der Waals surface area contributed by atoms with Gasteiger partial charge in [0.1, 0.15) is 5.69 Å². The van der Waals surface area contributed by atoms with Gasteiger partial charge in [-0.3, -0.25) is 4.79 Å². The maximum Gasteiger partial charge on any atom is 0.339 e. The number of nitrogens with one attached hydrogen (secondary N) is 1. The molecule has 0 aliphatic heterocycles. The number of hydrogen-bond donors (Lipinski definition) is 1. The number of para-hydroxylation sites is 1. The van der Waals surface area contributed by atoms with Crippen LogP contribution < -0.4 is 5.32 Å². The number of esters is 1. The topological polar surface area (TPSA) is 81.4 Å². The Morgan fingerprint density at radius 3 is 2.58 bits per heavy atom. The molecule has 6 heteroatoms. The summed E-state index contributed by atoms with van der Waals surface area (Å²) in [6.07, 6.45) is 1.55. The van der Waals surface area contributed by atoms with Gasteiger partial charge in [-0.1, -0.05) is 55.5 Å². The number of nitrogens with zero attached hydrogens (tertiary/aromatic N) is 1. The van der Waals surface area contributed by atoms with E-state index in [-0.39, 0.29) is 18.4 Å². The van der Waals surface area contributed by atoms with Gasteiger partial charge in [0.05, 0.1) is 17.3 Å². The molecule has 1 unspecified atom stereocenters. The van der Waals surface area contributed by atoms with Crippen LogP contribution >= 0.6 is 0 Å². The molecule has 0 saturated heterocycles. The average molecular weight is 414 g/mol. The molecule has 31 heavy (non-hydrogen) atoms. The highest BCUT2D eigenvalue weighted by atomic mass is 16.5. The Bertz CT molecular complexity index is 1190. The molecule has 1 N–H and O–H groups in total. The summed E-state index contributed by atoms with van der Waals surface area (Å²) < 4.78 is 10.7. The summed E-state index contributed by atoms with van der Waals surface area (Å²) in [5.41, 5.74) is 2.64. The van der Waals surface area contributed by atoms with Gasteiger partial charge in [-0.05, 0) is 35.7 Å². The second-order valence-electron chi connectivity index (χ2n) is 7.24. The molecule has 0 radical (unpaired) electrons. The maximum absolute atomic E-state index is 12.8. The Kier molecular flexibility index (Phi) is 6.08. The number of carbonyl (C=O) groups excluding carboxylic acids is 2. The zero-order valence-electron chi connectivity index (χ0n) is 17.1. The molecule has 0 saturated carbocycles. The van der Waals surface area contributed by atoms with Crippen LogP contribution in [0.2, 0.25) is 0 Å². The fraction of sp³-hybridized carbons (Fsp3) is 0.160. The minimum absolute atomic E-state index is 0.154. The third-order valence-electron chi connectivity index (χ3n) is 5.02. The van der Waals surface area contributed by atoms with Crippen LogP contribution in [-0.4, -0.2) is 30.0 Å². The van der Waals surface area contributed by atoms with Gasteiger partial charge in [-0.25, -0.2) is 9.78 Å². The summed E-state index contributed by atoms with van der Waals surface area (Å²) in [5.74, 6) is -0.230. The summed E-state index contributed by atoms with van der Waals surface area (Å²) in [7, 11) is 0. The summed E-state index contributed by atoms with van der Waals surface area (Å²) >= 11 is 0. The lowest BCUT2D eigenvalue weighted by Gasteiger charge is -2.13. The van der Waals surface area contributed by atoms with Crippen molar-refractivity contribution < 1.29 is 18.7 Å². The third kappa shape index (κ3) is 4.80. The van der Waals surface area contributed by atoms with Crippen LogP contribution in [0.25, 0.3) is 22.4 Å². The molecule has 2 heterocycles. The number of ether oxygens (including phenoxy) is 1. The molecular weight excluding hydrogens is 392 g/mol. The SMILES string of the molecule is CC(CNC(=O)COC(=O)c1cc(-c2ccco2)nc2ccccc12)c1ccccc1. The average Bonchev–Trinajstić information content (AvgIpc) is 3.36. The highest BCUT2D eigenvalue weighted by molar-refractivity contribution is 6.05. The third-order valence-corrected chi connectivity index (χ3v) is 5.02. The summed E-state index contributed by atoms with van der Waals surface area (Å²) in [4.78, 5) is 29.6. The molecule has 2 aromatic carbocycles. The molecule has 1 amide bonds. The fourth-order valence-electron chi connectivity index (χ4n) is 3.32. The molecule has 156 valence electrons. The van der Waals surface area contributed by atoms with Crippen molar-refractivity contribution in [1.82, 2.24) is 10.3 Å². The number of furan rings is 1. The lowest BCUT2D eigenvalue weighted by Crippen LogP contribution is -2.31. The molecule has 6 nitrogen and oxygen atoms in total. The van der Waals surface area contributed by atoms with Crippen molar-refractivity contribution in [3.63, 3.8) is 0 Å². The number of rotatable bonds is 7. The van der Waals surface area contributed by atoms with Gasteiger partial charge in [-0.15, -0.1) is 0 Å². The lowest BCUT2D eigenvalue weighted by molar-refractivity contribution is -0.124. The van der Waals surface area contributed by atoms with Crippen molar-refractivity contribution in [2.45, 2.75) is 12.8 Å². The van der Waals surface area contributed by atoms with Crippen LogP contribution in [-0.2, 0) is 9.53 Å². The molecule has 0 spiro atoms. The van der Waals surface area contributed by atoms with E-state index >= 15 is 0 Å². The van der Waals surface area contributed by atoms with Crippen LogP contribution in [0.3, 0.4) is 0 Å². The van der Waals surface area contributed by atoms with E-state index in [0.717, 1.165) is 5.56 Å². The molecule has 4 rings (SSSR count). The predicted molar refractivity (Wildman–Crippen MR) is 118 cm³/mol. The summed E-state index contributed by atoms with van der Waals surface area (Å²) in [6.45, 7) is 2.13. The molecule has 0 aliphatic carbocycles. The van der Waals surface area contributed by atoms with Crippen molar-refractivity contribution >= 4 is 22.8 Å². The Balaban J connectivity index is 1.43. The van der Waals surface area contributed by atoms with Crippen molar-refractivity contribution in [2.75, 3.05) is 13.2 Å². The number of amides is 1. The molecular formula is C25H22N2O4. The normalized spacial score (nSPS) is 11.8. The molecule has 0 aliphatic rings. The number of benzene rings is 2. The van der Waals surface area contributed by atoms with Crippen LogP contribution in [0.4, 0.5) is 0 Å². The zero-order chi connectivity index (χ0) is 21.6. The smallest absolute Gasteiger partial charge is 0.339 e. The van der Waals surface area contributed by atoms with Crippen molar-refractivity contribution in [3.8, 4) is 11.5 Å². The summed E-state index contributed by atoms with van der Waals surface area (Å²) in [6, 6.07) is 22.3. The fourth-order valence-corrected chi connectivity index (χ4v) is 3.32. The van der Waals surface area contributed by atoms with Crippen molar-refractivity contribution in [1.29, 1.82) is 0 Å². The quantitative estimate of drug-likeness (QED) is 0.448. The van der Waals surface area contributed by atoms with Crippen LogP contribution in [0.5, 0.6) is 0 Å². The number of hydrogen-bond acceptors (Lipinski definition) is 5. The highest BCUT2D eigenvalue weighted by Crippen LogP contribution is 2.25. The Morgan fingerprint density at radius 2 is 1.81 bits per heavy atom. The molecule has 2 aromatic heterocycles. The Morgan fingerprint density at radius 1 is 1.03 bits per heavy atom. The first kappa shape index (κ1) is 20.3. The van der Waals surface area contributed by atoms with Gasteiger partial charge in [0, 0.05) is 11.9 Å². The Hall–Kier alpha value is -3.93. The largest absolute Gasteiger partial charge is 0.463 e. The van der Waals surface area contributed by atoms with Gasteiger partial charge in [-0.2, -0.15) is 0 Å². The Labute approximate surface area is 179 Å². The minimum atomic E-state index is -0.585. The van der Waals surface area contributed by atoms with E-state index in [2.05, 4.69) is 10.3 Å². The van der Waals surface area contributed by atoms with E-state index in [4.69, 9.17) is 9.15 Å². The van der Waals surface area contributed by atoms with Crippen LogP contribution in [0.15, 0.2) is 83.5 Å². The zero-order valence-corrected chi connectivity index (χ0v) is 17.1. The van der Waals surface area contributed by atoms with E-state index in [1.165, 1.54) is 0 Å². The number of fused-ring (bicyclic) bond motifs is 1. The first-order valence-corrected chi connectivity index (χ1v) is 10.0. The standard InChI is InChI=1S/C25H22N2O4/c1-17(18-8-3-2-4-9-18)15-26-24(28)16-31-25(29)20-14-22(23-12-7-13-30-23)27-21-11-6-5-10-19(20)21/h2-14,17H,15-16H2,1H3,(H,26,28). The highest BCUT2D eigenvalue weighted by Gasteiger charge is 2.17. The predicted octanol–water partition coefficient (Wildman–Crippen LogP) is 4.57. The minimum Gasteiger partial charge on any atom is -0.463 e. The maximum atomic E-state index is 12.8. The van der Waals surface area contributed by atoms with Gasteiger partial charge in [0.15, 0.2) is 12.4 Å². The van der Waals surface area contributed by atoms with Gasteiger partial charge in [0.25, 0.3) is 5.91 Å².